The Morgan fingerprint density at radius 1 is 1.40 bits per heavy atom. The first-order valence-electron chi connectivity index (χ1n) is 4.97. The molecular weight excluding hydrogens is 188 g/mol. The maximum atomic E-state index is 11.4. The van der Waals surface area contributed by atoms with Gasteiger partial charge in [0.2, 0.25) is 0 Å². The number of methoxy groups -OCH3 is 1. The minimum atomic E-state index is -0.249. The van der Waals surface area contributed by atoms with E-state index < -0.39 is 0 Å². The van der Waals surface area contributed by atoms with Gasteiger partial charge in [-0.25, -0.2) is 4.79 Å². The normalized spacial score (nSPS) is 11.3. The Morgan fingerprint density at radius 2 is 2.07 bits per heavy atom. The van der Waals surface area contributed by atoms with E-state index in [9.17, 15) is 4.79 Å². The van der Waals surface area contributed by atoms with Crippen molar-refractivity contribution in [3.8, 4) is 0 Å². The third-order valence-corrected chi connectivity index (χ3v) is 2.44. The summed E-state index contributed by atoms with van der Waals surface area (Å²) in [6, 6.07) is 8.04. The van der Waals surface area contributed by atoms with E-state index in [2.05, 4.69) is 0 Å². The molecule has 0 N–H and O–H groups in total. The van der Waals surface area contributed by atoms with Crippen LogP contribution in [0.15, 0.2) is 35.9 Å². The summed E-state index contributed by atoms with van der Waals surface area (Å²) in [5, 5.41) is 0. The van der Waals surface area contributed by atoms with E-state index in [1.165, 1.54) is 12.7 Å². The molecule has 0 heterocycles. The molecule has 0 saturated carbocycles. The molecule has 0 fully saturated rings. The quantitative estimate of drug-likeness (QED) is 0.559. The van der Waals surface area contributed by atoms with E-state index in [1.807, 2.05) is 38.1 Å². The molecule has 2 nitrogen and oxygen atoms in total. The zero-order valence-electron chi connectivity index (χ0n) is 9.41. The molecule has 0 amide bonds. The van der Waals surface area contributed by atoms with Gasteiger partial charge in [0.1, 0.15) is 0 Å². The van der Waals surface area contributed by atoms with Gasteiger partial charge < -0.3 is 4.74 Å². The molecule has 0 bridgehead atoms. The van der Waals surface area contributed by atoms with Gasteiger partial charge in [-0.1, -0.05) is 30.3 Å². The van der Waals surface area contributed by atoms with Crippen molar-refractivity contribution >= 4 is 5.97 Å². The predicted molar refractivity (Wildman–Crippen MR) is 60.7 cm³/mol. The molecule has 0 aliphatic rings. The molecule has 0 aromatic heterocycles. The molecule has 0 radical (unpaired) electrons. The van der Waals surface area contributed by atoms with E-state index in [0.29, 0.717) is 12.0 Å². The van der Waals surface area contributed by atoms with Crippen LogP contribution in [0.3, 0.4) is 0 Å². The number of aryl methyl sites for hydroxylation is 1. The lowest BCUT2D eigenvalue weighted by Crippen LogP contribution is -2.07. The number of ether oxygens (including phenoxy) is 1. The Morgan fingerprint density at radius 3 is 2.60 bits per heavy atom. The Hall–Kier alpha value is -1.57. The van der Waals surface area contributed by atoms with Crippen molar-refractivity contribution in [2.45, 2.75) is 20.3 Å². The fraction of sp³-hybridized carbons (Fsp3) is 0.308. The van der Waals surface area contributed by atoms with Gasteiger partial charge in [-0.2, -0.15) is 0 Å². The molecule has 1 aromatic rings. The maximum absolute atomic E-state index is 11.4. The van der Waals surface area contributed by atoms with E-state index in [4.69, 9.17) is 4.74 Å². The molecule has 0 unspecified atom stereocenters. The smallest absolute Gasteiger partial charge is 0.333 e. The monoisotopic (exact) mass is 204 g/mol. The van der Waals surface area contributed by atoms with Crippen LogP contribution in [0.25, 0.3) is 0 Å². The van der Waals surface area contributed by atoms with Crippen molar-refractivity contribution in [2.24, 2.45) is 0 Å². The third-order valence-electron chi connectivity index (χ3n) is 2.44. The first-order valence-corrected chi connectivity index (χ1v) is 4.97. The number of carbonyl (C=O) groups excluding carboxylic acids is 1. The summed E-state index contributed by atoms with van der Waals surface area (Å²) < 4.78 is 4.71. The lowest BCUT2D eigenvalue weighted by Gasteiger charge is -2.07. The van der Waals surface area contributed by atoms with Crippen molar-refractivity contribution in [1.29, 1.82) is 0 Å². The van der Waals surface area contributed by atoms with Gasteiger partial charge in [-0.3, -0.25) is 0 Å². The number of hydrogen-bond acceptors (Lipinski definition) is 2. The Labute approximate surface area is 90.6 Å². The van der Waals surface area contributed by atoms with Crippen LogP contribution in [0, 0.1) is 6.92 Å². The summed E-state index contributed by atoms with van der Waals surface area (Å²) >= 11 is 0. The predicted octanol–water partition coefficient (Wildman–Crippen LogP) is 2.66. The molecule has 0 atom stereocenters. The highest BCUT2D eigenvalue weighted by Crippen LogP contribution is 2.13. The van der Waals surface area contributed by atoms with Gasteiger partial charge in [-0.15, -0.1) is 0 Å². The lowest BCUT2D eigenvalue weighted by molar-refractivity contribution is -0.136. The van der Waals surface area contributed by atoms with E-state index in [1.54, 1.807) is 6.08 Å². The highest BCUT2D eigenvalue weighted by molar-refractivity contribution is 5.88. The minimum Gasteiger partial charge on any atom is -0.466 e. The summed E-state index contributed by atoms with van der Waals surface area (Å²) in [6.07, 6.45) is 2.44. The fourth-order valence-electron chi connectivity index (χ4n) is 1.44. The van der Waals surface area contributed by atoms with E-state index in [-0.39, 0.29) is 5.97 Å². The average Bonchev–Trinajstić information content (AvgIpc) is 2.27. The molecule has 1 aromatic carbocycles. The van der Waals surface area contributed by atoms with Gasteiger partial charge in [0.25, 0.3) is 0 Å². The molecule has 0 aliphatic heterocycles. The van der Waals surface area contributed by atoms with Gasteiger partial charge in [-0.05, 0) is 25.0 Å². The average molecular weight is 204 g/mol. The SMILES string of the molecule is C/C=C(\Cc1ccccc1C)C(=O)OC. The largest absolute Gasteiger partial charge is 0.466 e. The lowest BCUT2D eigenvalue weighted by atomic mass is 10.0. The summed E-state index contributed by atoms with van der Waals surface area (Å²) in [5.74, 6) is -0.249. The summed E-state index contributed by atoms with van der Waals surface area (Å²) in [6.45, 7) is 3.89. The van der Waals surface area contributed by atoms with Gasteiger partial charge in [0.05, 0.1) is 7.11 Å². The van der Waals surface area contributed by atoms with Gasteiger partial charge >= 0.3 is 5.97 Å². The van der Waals surface area contributed by atoms with Crippen LogP contribution in [0.2, 0.25) is 0 Å². The van der Waals surface area contributed by atoms with Crippen molar-refractivity contribution in [2.75, 3.05) is 7.11 Å². The molecule has 0 aliphatic carbocycles. The van der Waals surface area contributed by atoms with Crippen molar-refractivity contribution in [3.63, 3.8) is 0 Å². The van der Waals surface area contributed by atoms with Crippen molar-refractivity contribution in [3.05, 3.63) is 47.0 Å². The van der Waals surface area contributed by atoms with Crippen LogP contribution >= 0.6 is 0 Å². The maximum Gasteiger partial charge on any atom is 0.333 e. The summed E-state index contributed by atoms with van der Waals surface area (Å²) in [5.41, 5.74) is 3.06. The zero-order valence-corrected chi connectivity index (χ0v) is 9.41. The number of carbonyl (C=O) groups is 1. The second-order valence-electron chi connectivity index (χ2n) is 3.41. The Bertz CT molecular complexity index is 378. The number of esters is 1. The van der Waals surface area contributed by atoms with Crippen LogP contribution in [0.4, 0.5) is 0 Å². The molecule has 0 spiro atoms. The highest BCUT2D eigenvalue weighted by atomic mass is 16.5. The second-order valence-corrected chi connectivity index (χ2v) is 3.41. The molecule has 0 saturated heterocycles. The zero-order chi connectivity index (χ0) is 11.3. The van der Waals surface area contributed by atoms with Crippen LogP contribution in [0.5, 0.6) is 0 Å². The highest BCUT2D eigenvalue weighted by Gasteiger charge is 2.09. The van der Waals surface area contributed by atoms with E-state index >= 15 is 0 Å². The first-order chi connectivity index (χ1) is 7.19. The fourth-order valence-corrected chi connectivity index (χ4v) is 1.44. The Kier molecular flexibility index (Phi) is 4.10. The van der Waals surface area contributed by atoms with Crippen molar-refractivity contribution < 1.29 is 9.53 Å². The number of allylic oxidation sites excluding steroid dienone is 1. The minimum absolute atomic E-state index is 0.249. The van der Waals surface area contributed by atoms with Gasteiger partial charge in [0, 0.05) is 12.0 Å². The van der Waals surface area contributed by atoms with Crippen LogP contribution in [-0.2, 0) is 16.0 Å². The molecule has 15 heavy (non-hydrogen) atoms. The van der Waals surface area contributed by atoms with Crippen LogP contribution < -0.4 is 0 Å². The first kappa shape index (κ1) is 11.5. The third kappa shape index (κ3) is 2.94. The van der Waals surface area contributed by atoms with E-state index in [0.717, 1.165) is 5.56 Å². The molecule has 1 rings (SSSR count). The topological polar surface area (TPSA) is 26.3 Å². The number of benzene rings is 1. The summed E-state index contributed by atoms with van der Waals surface area (Å²) in [4.78, 5) is 11.4. The molecule has 2 heteroatoms. The standard InChI is InChI=1S/C13H16O2/c1-4-11(13(14)15-3)9-12-8-6-5-7-10(12)2/h4-8H,9H2,1-3H3/b11-4+. The Balaban J connectivity index is 2.86. The summed E-state index contributed by atoms with van der Waals surface area (Å²) in [7, 11) is 1.41. The van der Waals surface area contributed by atoms with Crippen LogP contribution in [0.1, 0.15) is 18.1 Å². The molecule has 80 valence electrons. The van der Waals surface area contributed by atoms with Crippen LogP contribution in [-0.4, -0.2) is 13.1 Å². The molecular formula is C13H16O2. The second kappa shape index (κ2) is 5.35. The number of hydrogen-bond donors (Lipinski definition) is 0. The number of rotatable bonds is 3. The van der Waals surface area contributed by atoms with Gasteiger partial charge in [0.15, 0.2) is 0 Å². The van der Waals surface area contributed by atoms with Crippen molar-refractivity contribution in [1.82, 2.24) is 0 Å².